The molecule has 1 aromatic heterocycles. The summed E-state index contributed by atoms with van der Waals surface area (Å²) in [7, 11) is 0. The van der Waals surface area contributed by atoms with Gasteiger partial charge in [0.15, 0.2) is 0 Å². The minimum Gasteiger partial charge on any atom is -0.469 e. The fourth-order valence-corrected chi connectivity index (χ4v) is 2.94. The highest BCUT2D eigenvalue weighted by molar-refractivity contribution is 5.96. The lowest BCUT2D eigenvalue weighted by Crippen LogP contribution is -2.20. The van der Waals surface area contributed by atoms with Crippen LogP contribution in [0.4, 0.5) is 0 Å². The zero-order valence-corrected chi connectivity index (χ0v) is 13.7. The quantitative estimate of drug-likeness (QED) is 0.783. The maximum atomic E-state index is 12.1. The first-order valence-electron chi connectivity index (χ1n) is 8.67. The van der Waals surface area contributed by atoms with Crippen LogP contribution in [0.1, 0.15) is 86.7 Å². The van der Waals surface area contributed by atoms with E-state index < -0.39 is 0 Å². The molecule has 4 nitrogen and oxygen atoms in total. The molecule has 1 amide bonds. The lowest BCUT2D eigenvalue weighted by molar-refractivity contribution is 0.0953. The average molecular weight is 304 g/mol. The van der Waals surface area contributed by atoms with E-state index in [9.17, 15) is 4.79 Å². The first kappa shape index (κ1) is 16.8. The fourth-order valence-electron chi connectivity index (χ4n) is 2.94. The van der Waals surface area contributed by atoms with Crippen molar-refractivity contribution in [3.63, 3.8) is 0 Å². The second-order valence-corrected chi connectivity index (χ2v) is 6.19. The topological polar surface area (TPSA) is 54.6 Å². The summed E-state index contributed by atoms with van der Waals surface area (Å²) in [4.78, 5) is 12.1. The van der Waals surface area contributed by atoms with E-state index in [0.717, 1.165) is 18.6 Å². The Morgan fingerprint density at radius 2 is 1.55 bits per heavy atom. The van der Waals surface area contributed by atoms with Crippen molar-refractivity contribution in [1.82, 2.24) is 5.43 Å². The van der Waals surface area contributed by atoms with Gasteiger partial charge in [0.05, 0.1) is 11.8 Å². The molecule has 0 aromatic carbocycles. The fraction of sp³-hybridized carbons (Fsp3) is 0.667. The van der Waals surface area contributed by atoms with Gasteiger partial charge in [-0.25, -0.2) is 5.43 Å². The second-order valence-electron chi connectivity index (χ2n) is 6.19. The Morgan fingerprint density at radius 1 is 1.00 bits per heavy atom. The highest BCUT2D eigenvalue weighted by Crippen LogP contribution is 2.15. The van der Waals surface area contributed by atoms with Crippen molar-refractivity contribution in [3.05, 3.63) is 23.7 Å². The van der Waals surface area contributed by atoms with Crippen molar-refractivity contribution in [2.24, 2.45) is 5.10 Å². The van der Waals surface area contributed by atoms with Gasteiger partial charge in [0.25, 0.3) is 5.91 Å². The first-order valence-corrected chi connectivity index (χ1v) is 8.67. The molecule has 0 atom stereocenters. The number of rotatable bonds is 2. The Morgan fingerprint density at radius 3 is 2.05 bits per heavy atom. The third-order valence-electron chi connectivity index (χ3n) is 4.35. The van der Waals surface area contributed by atoms with Crippen LogP contribution in [0.3, 0.4) is 0 Å². The molecule has 2 rings (SSSR count). The summed E-state index contributed by atoms with van der Waals surface area (Å²) in [5.74, 6) is 0.459. The molecule has 0 aliphatic heterocycles. The van der Waals surface area contributed by atoms with E-state index in [2.05, 4.69) is 10.5 Å². The van der Waals surface area contributed by atoms with E-state index in [1.54, 1.807) is 13.0 Å². The van der Waals surface area contributed by atoms with Crippen LogP contribution in [0.25, 0.3) is 0 Å². The molecule has 4 heteroatoms. The number of nitrogens with zero attached hydrogens (tertiary/aromatic N) is 1. The smallest absolute Gasteiger partial charge is 0.274 e. The number of carbonyl (C=O) groups excluding carboxylic acids is 1. The van der Waals surface area contributed by atoms with Crippen LogP contribution in [0.15, 0.2) is 21.8 Å². The number of aryl methyl sites for hydroxylation is 1. The number of carbonyl (C=O) groups is 1. The molecule has 1 aromatic rings. The third-order valence-corrected chi connectivity index (χ3v) is 4.35. The van der Waals surface area contributed by atoms with Crippen LogP contribution in [0.2, 0.25) is 0 Å². The van der Waals surface area contributed by atoms with Crippen molar-refractivity contribution in [2.75, 3.05) is 0 Å². The molecule has 122 valence electrons. The number of hydrogen-bond donors (Lipinski definition) is 1. The maximum Gasteiger partial charge on any atom is 0.274 e. The van der Waals surface area contributed by atoms with Gasteiger partial charge in [0.2, 0.25) is 0 Å². The molecule has 0 bridgehead atoms. The monoisotopic (exact) mass is 304 g/mol. The summed E-state index contributed by atoms with van der Waals surface area (Å²) in [6.07, 6.45) is 15.2. The largest absolute Gasteiger partial charge is 0.469 e. The summed E-state index contributed by atoms with van der Waals surface area (Å²) in [5, 5.41) is 4.38. The highest BCUT2D eigenvalue weighted by atomic mass is 16.3. The number of amides is 1. The Bertz CT molecular complexity index is 477. The molecule has 1 aliphatic rings. The average Bonchev–Trinajstić information content (AvgIpc) is 2.92. The summed E-state index contributed by atoms with van der Waals surface area (Å²) >= 11 is 0. The van der Waals surface area contributed by atoms with Gasteiger partial charge in [-0.1, -0.05) is 44.9 Å². The first-order chi connectivity index (χ1) is 10.8. The van der Waals surface area contributed by atoms with Crippen LogP contribution >= 0.6 is 0 Å². The Balaban J connectivity index is 1.88. The standard InChI is InChI=1S/C18H28N2O2/c1-15-17(13-14-22-15)18(21)20-19-16-11-9-7-5-3-2-4-6-8-10-12-16/h13-14H,2-12H2,1H3,(H,20,21). The second kappa shape index (κ2) is 9.44. The van der Waals surface area contributed by atoms with E-state index >= 15 is 0 Å². The van der Waals surface area contributed by atoms with E-state index in [-0.39, 0.29) is 5.91 Å². The van der Waals surface area contributed by atoms with Gasteiger partial charge >= 0.3 is 0 Å². The summed E-state index contributed by atoms with van der Waals surface area (Å²) in [6.45, 7) is 1.79. The van der Waals surface area contributed by atoms with Gasteiger partial charge in [-0.05, 0) is 38.7 Å². The van der Waals surface area contributed by atoms with E-state index in [4.69, 9.17) is 4.42 Å². The van der Waals surface area contributed by atoms with Gasteiger partial charge in [0.1, 0.15) is 5.76 Å². The molecule has 0 unspecified atom stereocenters. The Hall–Kier alpha value is -1.58. The van der Waals surface area contributed by atoms with Crippen LogP contribution in [-0.2, 0) is 0 Å². The van der Waals surface area contributed by atoms with E-state index in [1.165, 1.54) is 64.1 Å². The normalized spacial score (nSPS) is 18.1. The molecule has 1 heterocycles. The molecule has 0 spiro atoms. The van der Waals surface area contributed by atoms with Gasteiger partial charge in [-0.2, -0.15) is 5.10 Å². The Kier molecular flexibility index (Phi) is 7.20. The zero-order valence-electron chi connectivity index (χ0n) is 13.7. The summed E-state index contributed by atoms with van der Waals surface area (Å²) in [5.41, 5.74) is 4.40. The van der Waals surface area contributed by atoms with Crippen molar-refractivity contribution in [3.8, 4) is 0 Å². The van der Waals surface area contributed by atoms with Crippen LogP contribution in [0, 0.1) is 6.92 Å². The number of furan rings is 1. The van der Waals surface area contributed by atoms with Crippen molar-refractivity contribution < 1.29 is 9.21 Å². The molecule has 22 heavy (non-hydrogen) atoms. The predicted molar refractivity (Wildman–Crippen MR) is 89.1 cm³/mol. The maximum absolute atomic E-state index is 12.1. The lowest BCUT2D eigenvalue weighted by Gasteiger charge is -2.09. The Labute approximate surface area is 133 Å². The van der Waals surface area contributed by atoms with Gasteiger partial charge < -0.3 is 4.42 Å². The molecular weight excluding hydrogens is 276 g/mol. The van der Waals surface area contributed by atoms with Crippen molar-refractivity contribution in [2.45, 2.75) is 77.6 Å². The molecule has 1 N–H and O–H groups in total. The van der Waals surface area contributed by atoms with Crippen LogP contribution in [0.5, 0.6) is 0 Å². The number of nitrogens with one attached hydrogen (secondary N) is 1. The molecule has 1 fully saturated rings. The number of hydrogen-bond acceptors (Lipinski definition) is 3. The van der Waals surface area contributed by atoms with Gasteiger partial charge in [-0.3, -0.25) is 4.79 Å². The molecule has 1 aliphatic carbocycles. The molecular formula is C18H28N2O2. The lowest BCUT2D eigenvalue weighted by atomic mass is 10.00. The summed E-state index contributed by atoms with van der Waals surface area (Å²) in [6, 6.07) is 1.69. The zero-order chi connectivity index (χ0) is 15.6. The molecule has 1 saturated carbocycles. The van der Waals surface area contributed by atoms with Crippen LogP contribution in [-0.4, -0.2) is 11.6 Å². The van der Waals surface area contributed by atoms with Gasteiger partial charge in [-0.15, -0.1) is 0 Å². The van der Waals surface area contributed by atoms with Crippen LogP contribution < -0.4 is 5.43 Å². The molecule has 0 radical (unpaired) electrons. The molecule has 0 saturated heterocycles. The summed E-state index contributed by atoms with van der Waals surface area (Å²) < 4.78 is 5.16. The SMILES string of the molecule is Cc1occc1C(=O)NN=C1CCCCCCCCCCC1. The van der Waals surface area contributed by atoms with E-state index in [0.29, 0.717) is 11.3 Å². The number of hydrazone groups is 1. The van der Waals surface area contributed by atoms with E-state index in [1.807, 2.05) is 0 Å². The minimum atomic E-state index is -0.176. The van der Waals surface area contributed by atoms with Gasteiger partial charge in [0, 0.05) is 5.71 Å². The highest BCUT2D eigenvalue weighted by Gasteiger charge is 2.11. The predicted octanol–water partition coefficient (Wildman–Crippen LogP) is 4.98. The van der Waals surface area contributed by atoms with Crippen molar-refractivity contribution in [1.29, 1.82) is 0 Å². The third kappa shape index (κ3) is 5.66. The minimum absolute atomic E-state index is 0.176. The van der Waals surface area contributed by atoms with Crippen molar-refractivity contribution >= 4 is 11.6 Å².